The van der Waals surface area contributed by atoms with Gasteiger partial charge in [0, 0.05) is 0 Å². The second-order valence-corrected chi connectivity index (χ2v) is 6.15. The Morgan fingerprint density at radius 3 is 2.27 bits per heavy atom. The topological polar surface area (TPSA) is 0 Å². The molecule has 0 saturated carbocycles. The molecular weight excluding hydrogens is 258 g/mol. The summed E-state index contributed by atoms with van der Waals surface area (Å²) in [5, 5.41) is 0. The van der Waals surface area contributed by atoms with E-state index in [1.807, 2.05) is 0 Å². The third kappa shape index (κ3) is 3.74. The molecule has 3 heteroatoms. The molecule has 0 spiro atoms. The Kier molecular flexibility index (Phi) is 5.68. The Labute approximate surface area is 91.2 Å². The molecule has 0 radical (unpaired) electrons. The van der Waals surface area contributed by atoms with Gasteiger partial charge in [-0.25, -0.2) is 0 Å². The van der Waals surface area contributed by atoms with Crippen molar-refractivity contribution in [3.63, 3.8) is 0 Å². The smallest absolute Gasteiger partial charge is 0.147 e. The molecule has 0 bridgehead atoms. The third-order valence-corrected chi connectivity index (χ3v) is 4.99. The van der Waals surface area contributed by atoms with Crippen LogP contribution in [0.4, 0.5) is 0 Å². The molecule has 11 heavy (non-hydrogen) atoms. The van der Waals surface area contributed by atoms with Crippen LogP contribution in [0.5, 0.6) is 0 Å². The van der Waals surface area contributed by atoms with E-state index in [0.717, 1.165) is 0 Å². The Hall–Kier alpha value is 0.683. The van der Waals surface area contributed by atoms with E-state index < -0.39 is 0 Å². The summed E-state index contributed by atoms with van der Waals surface area (Å²) in [6, 6.07) is 0. The first kappa shape index (κ1) is 11.7. The molecule has 2 rings (SSSR count). The van der Waals surface area contributed by atoms with Gasteiger partial charge < -0.3 is 0 Å². The number of hydrogen-bond donors (Lipinski definition) is 0. The Bertz CT molecular complexity index is 216. The fourth-order valence-electron chi connectivity index (χ4n) is 0.899. The number of halogens is 2. The van der Waals surface area contributed by atoms with E-state index in [0.29, 0.717) is 0 Å². The van der Waals surface area contributed by atoms with Gasteiger partial charge in [-0.05, 0) is 0 Å². The molecule has 0 fully saturated rings. The molecule has 2 aliphatic carbocycles. The molecule has 0 amide bonds. The van der Waals surface area contributed by atoms with Crippen LogP contribution in [0.25, 0.3) is 0 Å². The molecule has 0 nitrogen and oxygen atoms in total. The van der Waals surface area contributed by atoms with Gasteiger partial charge >= 0.3 is 66.9 Å². The first-order chi connectivity index (χ1) is 4.45. The maximum Gasteiger partial charge on any atom is -0.147 e. The van der Waals surface area contributed by atoms with Gasteiger partial charge in [0.05, 0.1) is 0 Å². The predicted octanol–water partition coefficient (Wildman–Crippen LogP) is 3.04. The van der Waals surface area contributed by atoms with Crippen molar-refractivity contribution in [3.8, 4) is 0 Å². The van der Waals surface area contributed by atoms with Crippen LogP contribution in [0.1, 0.15) is 12.8 Å². The van der Waals surface area contributed by atoms with Crippen LogP contribution in [0.15, 0.2) is 30.9 Å². The molecule has 0 heterocycles. The molecule has 0 aliphatic heterocycles. The van der Waals surface area contributed by atoms with E-state index in [4.69, 9.17) is 0 Å². The van der Waals surface area contributed by atoms with Crippen molar-refractivity contribution in [1.82, 2.24) is 0 Å². The molecule has 0 aromatic heterocycles. The Balaban J connectivity index is 0.000000500. The fourth-order valence-corrected chi connectivity index (χ4v) is 3.65. The van der Waals surface area contributed by atoms with E-state index in [2.05, 4.69) is 24.3 Å². The largest absolute Gasteiger partial charge is 0.147 e. The zero-order valence-electron chi connectivity index (χ0n) is 6.04. The van der Waals surface area contributed by atoms with Crippen LogP contribution in [-0.4, -0.2) is 0 Å². The SMILES string of the molecule is C1=CC[C]([Zr][C]2=CC2)=C1.Cl.Cl. The van der Waals surface area contributed by atoms with Crippen molar-refractivity contribution < 1.29 is 23.2 Å². The average Bonchev–Trinajstić information content (AvgIpc) is 2.46. The Morgan fingerprint density at radius 1 is 1.09 bits per heavy atom. The summed E-state index contributed by atoms with van der Waals surface area (Å²) in [4.78, 5) is 0. The van der Waals surface area contributed by atoms with Crippen molar-refractivity contribution in [1.29, 1.82) is 0 Å². The van der Waals surface area contributed by atoms with Crippen LogP contribution in [0.2, 0.25) is 0 Å². The van der Waals surface area contributed by atoms with Crippen molar-refractivity contribution in [2.45, 2.75) is 12.8 Å². The van der Waals surface area contributed by atoms with Crippen LogP contribution >= 0.6 is 24.8 Å². The minimum absolute atomic E-state index is 0. The van der Waals surface area contributed by atoms with Gasteiger partial charge in [-0.3, -0.25) is 0 Å². The summed E-state index contributed by atoms with van der Waals surface area (Å²) in [5.41, 5.74) is 0. The van der Waals surface area contributed by atoms with E-state index in [1.165, 1.54) is 12.8 Å². The van der Waals surface area contributed by atoms with E-state index in [-0.39, 0.29) is 48.0 Å². The maximum absolute atomic E-state index is 2.38. The quantitative estimate of drug-likeness (QED) is 0.722. The Morgan fingerprint density at radius 2 is 1.82 bits per heavy atom. The zero-order chi connectivity index (χ0) is 6.10. The molecule has 0 unspecified atom stereocenters. The first-order valence-corrected chi connectivity index (χ1v) is 5.73. The second kappa shape index (κ2) is 5.35. The summed E-state index contributed by atoms with van der Waals surface area (Å²) in [5.74, 6) is 0. The van der Waals surface area contributed by atoms with Crippen molar-refractivity contribution in [2.24, 2.45) is 0 Å². The first-order valence-electron chi connectivity index (χ1n) is 3.27. The third-order valence-electron chi connectivity index (χ3n) is 1.50. The fraction of sp³-hybridized carbons (Fsp3) is 0.250. The van der Waals surface area contributed by atoms with Crippen LogP contribution in [-0.2, 0) is 23.2 Å². The monoisotopic (exact) mass is 266 g/mol. The molecule has 0 aromatic rings. The van der Waals surface area contributed by atoms with Crippen LogP contribution in [0.3, 0.4) is 0 Å². The van der Waals surface area contributed by atoms with Gasteiger partial charge in [0.2, 0.25) is 0 Å². The molecule has 0 atom stereocenters. The normalized spacial score (nSPS) is 17.5. The summed E-state index contributed by atoms with van der Waals surface area (Å²) < 4.78 is 3.55. The standard InChI is InChI=1S/C5H5.C3H3.2ClH.Zr/c1-2-4-5-3-1;1-2-3-1;;;/h1-3H,4H2;1H,2H2;2*1H;. The van der Waals surface area contributed by atoms with E-state index >= 15 is 0 Å². The summed E-state index contributed by atoms with van der Waals surface area (Å²) in [6.45, 7) is 0. The number of allylic oxidation sites excluding steroid dienone is 6. The molecule has 0 saturated heterocycles. The van der Waals surface area contributed by atoms with Gasteiger partial charge in [-0.1, -0.05) is 0 Å². The van der Waals surface area contributed by atoms with Crippen LogP contribution in [0, 0.1) is 0 Å². The number of hydrogen-bond acceptors (Lipinski definition) is 0. The molecular formula is C8H10Cl2Zr. The number of rotatable bonds is 2. The zero-order valence-corrected chi connectivity index (χ0v) is 10.1. The van der Waals surface area contributed by atoms with Gasteiger partial charge in [0.25, 0.3) is 0 Å². The van der Waals surface area contributed by atoms with Crippen molar-refractivity contribution >= 4 is 24.8 Å². The minimum Gasteiger partial charge on any atom is -0.147 e. The molecule has 0 aromatic carbocycles. The van der Waals surface area contributed by atoms with Crippen molar-refractivity contribution in [3.05, 3.63) is 30.9 Å². The van der Waals surface area contributed by atoms with Crippen molar-refractivity contribution in [2.75, 3.05) is 0 Å². The van der Waals surface area contributed by atoms with Crippen LogP contribution < -0.4 is 0 Å². The van der Waals surface area contributed by atoms with Gasteiger partial charge in [0.1, 0.15) is 0 Å². The second-order valence-electron chi connectivity index (χ2n) is 2.38. The molecule has 0 N–H and O–H groups in total. The summed E-state index contributed by atoms with van der Waals surface area (Å²) in [6.07, 6.45) is 11.8. The van der Waals surface area contributed by atoms with E-state index in [1.54, 1.807) is 6.56 Å². The maximum atomic E-state index is 2.38. The molecule has 2 aliphatic rings. The van der Waals surface area contributed by atoms with Gasteiger partial charge in [-0.15, -0.1) is 24.8 Å². The minimum atomic E-state index is -0.164. The average molecular weight is 268 g/mol. The van der Waals surface area contributed by atoms with E-state index in [9.17, 15) is 0 Å². The van der Waals surface area contributed by atoms with Gasteiger partial charge in [0.15, 0.2) is 0 Å². The predicted molar refractivity (Wildman–Crippen MR) is 49.0 cm³/mol. The summed E-state index contributed by atoms with van der Waals surface area (Å²) in [7, 11) is 0. The molecule has 60 valence electrons. The van der Waals surface area contributed by atoms with Gasteiger partial charge in [-0.2, -0.15) is 0 Å². The summed E-state index contributed by atoms with van der Waals surface area (Å²) >= 11 is -0.164.